The molecule has 0 aliphatic heterocycles. The van der Waals surface area contributed by atoms with E-state index in [0.29, 0.717) is 11.1 Å². The molecule has 0 spiro atoms. The number of amides is 1. The van der Waals surface area contributed by atoms with E-state index in [4.69, 9.17) is 13.9 Å². The number of ether oxygens (including phenoxy) is 2. The molecule has 1 atom stereocenters. The molecule has 0 aliphatic carbocycles. The number of alkyl carbamates (subject to hydrolysis) is 1. The average Bonchev–Trinajstić information content (AvgIpc) is 2.61. The first-order chi connectivity index (χ1) is 13.9. The van der Waals surface area contributed by atoms with E-state index >= 15 is 0 Å². The molecule has 164 valence electrons. The van der Waals surface area contributed by atoms with Gasteiger partial charge in [-0.3, -0.25) is 0 Å². The zero-order valence-corrected chi connectivity index (χ0v) is 18.8. The molecule has 2 aromatic rings. The van der Waals surface area contributed by atoms with Crippen molar-refractivity contribution in [2.75, 3.05) is 0 Å². The number of hydrogen-bond acceptors (Lipinski definition) is 6. The molecule has 1 aromatic carbocycles. The first-order valence-electron chi connectivity index (χ1n) is 10.2. The highest BCUT2D eigenvalue weighted by atomic mass is 16.6. The van der Waals surface area contributed by atoms with E-state index in [0.717, 1.165) is 23.8 Å². The van der Waals surface area contributed by atoms with Gasteiger partial charge in [-0.25, -0.2) is 14.4 Å². The minimum atomic E-state index is -0.895. The molecule has 30 heavy (non-hydrogen) atoms. The summed E-state index contributed by atoms with van der Waals surface area (Å²) in [6, 6.07) is 4.06. The topological polar surface area (TPSA) is 94.8 Å². The summed E-state index contributed by atoms with van der Waals surface area (Å²) in [7, 11) is 0. The van der Waals surface area contributed by atoms with E-state index in [2.05, 4.69) is 5.32 Å². The van der Waals surface area contributed by atoms with Crippen LogP contribution in [-0.2, 0) is 16.0 Å². The molecular weight excluding hydrogens is 386 g/mol. The number of hydrogen-bond donors (Lipinski definition) is 1. The lowest BCUT2D eigenvalue weighted by atomic mass is 10.0. The number of nitrogens with one attached hydrogen (secondary N) is 1. The van der Waals surface area contributed by atoms with E-state index in [1.54, 1.807) is 53.7 Å². The van der Waals surface area contributed by atoms with Crippen LogP contribution in [0.3, 0.4) is 0 Å². The number of esters is 1. The Hall–Kier alpha value is -2.83. The van der Waals surface area contributed by atoms with Gasteiger partial charge in [-0.05, 0) is 57.7 Å². The maximum absolute atomic E-state index is 12.8. The monoisotopic (exact) mass is 417 g/mol. The molecular formula is C23H31NO6. The molecule has 7 nitrogen and oxygen atoms in total. The predicted molar refractivity (Wildman–Crippen MR) is 115 cm³/mol. The molecule has 0 radical (unpaired) electrons. The van der Waals surface area contributed by atoms with Crippen molar-refractivity contribution in [3.05, 3.63) is 39.7 Å². The summed E-state index contributed by atoms with van der Waals surface area (Å²) >= 11 is 0. The molecule has 0 bridgehead atoms. The SMILES string of the molecule is CCCc1cc(=O)oc2c(C)c(OC(=O)[C@H](NC(=O)OC(C)(C)C)C(C)C)ccc12. The van der Waals surface area contributed by atoms with Gasteiger partial charge in [0.15, 0.2) is 0 Å². The lowest BCUT2D eigenvalue weighted by molar-refractivity contribution is -0.138. The molecule has 1 amide bonds. The van der Waals surface area contributed by atoms with Gasteiger partial charge in [0.05, 0.1) is 0 Å². The molecule has 7 heteroatoms. The summed E-state index contributed by atoms with van der Waals surface area (Å²) in [6.45, 7) is 12.6. The predicted octanol–water partition coefficient (Wildman–Crippen LogP) is 4.51. The van der Waals surface area contributed by atoms with Crippen molar-refractivity contribution in [2.24, 2.45) is 5.92 Å². The summed E-state index contributed by atoms with van der Waals surface area (Å²) in [5.41, 5.74) is 0.728. The molecule has 0 fully saturated rings. The van der Waals surface area contributed by atoms with E-state index in [1.807, 2.05) is 6.92 Å². The van der Waals surface area contributed by atoms with E-state index < -0.39 is 29.3 Å². The molecule has 1 aromatic heterocycles. The molecule has 0 aliphatic rings. The Balaban J connectivity index is 2.31. The fraction of sp³-hybridized carbons (Fsp3) is 0.522. The zero-order valence-electron chi connectivity index (χ0n) is 18.8. The van der Waals surface area contributed by atoms with Gasteiger partial charge in [0.2, 0.25) is 0 Å². The van der Waals surface area contributed by atoms with Crippen molar-refractivity contribution in [1.29, 1.82) is 0 Å². The average molecular weight is 418 g/mol. The first-order valence-corrected chi connectivity index (χ1v) is 10.2. The molecule has 0 unspecified atom stereocenters. The molecule has 0 saturated heterocycles. The lowest BCUT2D eigenvalue weighted by Gasteiger charge is -2.24. The number of carbonyl (C=O) groups excluding carboxylic acids is 2. The van der Waals surface area contributed by atoms with Gasteiger partial charge < -0.3 is 19.2 Å². The van der Waals surface area contributed by atoms with E-state index in [-0.39, 0.29) is 11.7 Å². The normalized spacial score (nSPS) is 12.7. The highest BCUT2D eigenvalue weighted by Crippen LogP contribution is 2.29. The van der Waals surface area contributed by atoms with Crippen molar-refractivity contribution in [3.63, 3.8) is 0 Å². The first kappa shape index (κ1) is 23.4. The van der Waals surface area contributed by atoms with Crippen molar-refractivity contribution in [1.82, 2.24) is 5.32 Å². The number of fused-ring (bicyclic) bond motifs is 1. The third kappa shape index (κ3) is 5.84. The third-order valence-corrected chi connectivity index (χ3v) is 4.52. The van der Waals surface area contributed by atoms with Gasteiger partial charge in [0.1, 0.15) is 23.0 Å². The minimum Gasteiger partial charge on any atom is -0.444 e. The number of aryl methyl sites for hydroxylation is 2. The van der Waals surface area contributed by atoms with Crippen LogP contribution in [0.1, 0.15) is 59.1 Å². The number of carbonyl (C=O) groups is 2. The van der Waals surface area contributed by atoms with Crippen LogP contribution in [-0.4, -0.2) is 23.7 Å². The third-order valence-electron chi connectivity index (χ3n) is 4.52. The van der Waals surface area contributed by atoms with Crippen LogP contribution in [0.25, 0.3) is 11.0 Å². The summed E-state index contributed by atoms with van der Waals surface area (Å²) < 4.78 is 16.2. The smallest absolute Gasteiger partial charge is 0.408 e. The fourth-order valence-electron chi connectivity index (χ4n) is 3.10. The van der Waals surface area contributed by atoms with Crippen molar-refractivity contribution in [3.8, 4) is 5.75 Å². The van der Waals surface area contributed by atoms with Gasteiger partial charge in [0, 0.05) is 17.0 Å². The molecule has 0 saturated carbocycles. The molecule has 1 N–H and O–H groups in total. The largest absolute Gasteiger partial charge is 0.444 e. The lowest BCUT2D eigenvalue weighted by Crippen LogP contribution is -2.48. The van der Waals surface area contributed by atoms with Crippen molar-refractivity contribution in [2.45, 2.75) is 73.0 Å². The van der Waals surface area contributed by atoms with Gasteiger partial charge in [-0.2, -0.15) is 0 Å². The Morgan fingerprint density at radius 2 is 1.87 bits per heavy atom. The Labute approximate surface area is 176 Å². The van der Waals surface area contributed by atoms with Crippen molar-refractivity contribution >= 4 is 23.0 Å². The number of benzene rings is 1. The Kier molecular flexibility index (Phi) is 7.29. The van der Waals surface area contributed by atoms with Crippen LogP contribution >= 0.6 is 0 Å². The quantitative estimate of drug-likeness (QED) is 0.422. The fourth-order valence-corrected chi connectivity index (χ4v) is 3.10. The van der Waals surface area contributed by atoms with Gasteiger partial charge >= 0.3 is 17.7 Å². The van der Waals surface area contributed by atoms with Crippen LogP contribution in [0.5, 0.6) is 5.75 Å². The Morgan fingerprint density at radius 1 is 1.20 bits per heavy atom. The van der Waals surface area contributed by atoms with Crippen LogP contribution in [0.4, 0.5) is 4.79 Å². The van der Waals surface area contributed by atoms with Crippen LogP contribution < -0.4 is 15.7 Å². The summed E-state index contributed by atoms with van der Waals surface area (Å²) in [4.78, 5) is 36.9. The zero-order chi connectivity index (χ0) is 22.6. The van der Waals surface area contributed by atoms with Crippen LogP contribution in [0.15, 0.2) is 27.4 Å². The standard InChI is InChI=1S/C23H31NO6/c1-8-9-15-12-18(25)29-20-14(4)17(11-10-16(15)20)28-21(26)19(13(2)3)24-22(27)30-23(5,6)7/h10-13,19H,8-9H2,1-7H3,(H,24,27)/t19-/m1/s1. The van der Waals surface area contributed by atoms with E-state index in [9.17, 15) is 14.4 Å². The number of rotatable bonds is 6. The maximum atomic E-state index is 12.8. The van der Waals surface area contributed by atoms with Gasteiger partial charge in [-0.15, -0.1) is 0 Å². The second-order valence-corrected chi connectivity index (χ2v) is 8.70. The summed E-state index contributed by atoms with van der Waals surface area (Å²) in [6.07, 6.45) is 0.944. The summed E-state index contributed by atoms with van der Waals surface area (Å²) in [5.74, 6) is -0.564. The maximum Gasteiger partial charge on any atom is 0.408 e. The van der Waals surface area contributed by atoms with Crippen LogP contribution in [0.2, 0.25) is 0 Å². The highest BCUT2D eigenvalue weighted by Gasteiger charge is 2.29. The second kappa shape index (κ2) is 9.32. The Bertz CT molecular complexity index is 984. The highest BCUT2D eigenvalue weighted by molar-refractivity contribution is 5.88. The van der Waals surface area contributed by atoms with Crippen molar-refractivity contribution < 1.29 is 23.5 Å². The minimum absolute atomic E-state index is 0.222. The Morgan fingerprint density at radius 3 is 2.43 bits per heavy atom. The van der Waals surface area contributed by atoms with Crippen LogP contribution in [0, 0.1) is 12.8 Å². The molecule has 1 heterocycles. The summed E-state index contributed by atoms with van der Waals surface area (Å²) in [5, 5.41) is 3.40. The molecule has 2 rings (SSSR count). The van der Waals surface area contributed by atoms with Gasteiger partial charge in [0.25, 0.3) is 0 Å². The van der Waals surface area contributed by atoms with E-state index in [1.165, 1.54) is 6.07 Å². The second-order valence-electron chi connectivity index (χ2n) is 8.70. The van der Waals surface area contributed by atoms with Gasteiger partial charge in [-0.1, -0.05) is 27.2 Å².